The normalized spacial score (nSPS) is 11.1. The Hall–Kier alpha value is -2.11. The van der Waals surface area contributed by atoms with E-state index in [0.717, 1.165) is 11.1 Å². The SMILES string of the molecule is COc1ccc(CCC(=O)NCC(C)(C)c2ccc(Cl)c(Cl)c2)c(OC)c1OC. The Morgan fingerprint density at radius 2 is 1.66 bits per heavy atom. The molecule has 0 saturated carbocycles. The van der Waals surface area contributed by atoms with Crippen LogP contribution in [0, 0.1) is 0 Å². The molecule has 0 aliphatic rings. The number of rotatable bonds is 9. The first-order valence-corrected chi connectivity index (χ1v) is 9.99. The van der Waals surface area contributed by atoms with Gasteiger partial charge in [0.25, 0.3) is 0 Å². The fraction of sp³-hybridized carbons (Fsp3) is 0.409. The maximum Gasteiger partial charge on any atom is 0.220 e. The van der Waals surface area contributed by atoms with Crippen molar-refractivity contribution in [3.8, 4) is 17.2 Å². The molecular formula is C22H27Cl2NO4. The first kappa shape index (κ1) is 23.2. The number of ether oxygens (including phenoxy) is 3. The van der Waals surface area contributed by atoms with E-state index >= 15 is 0 Å². The van der Waals surface area contributed by atoms with E-state index in [1.165, 1.54) is 0 Å². The van der Waals surface area contributed by atoms with Crippen LogP contribution in [-0.2, 0) is 16.6 Å². The van der Waals surface area contributed by atoms with Gasteiger partial charge in [0.2, 0.25) is 11.7 Å². The molecule has 0 unspecified atom stereocenters. The van der Waals surface area contributed by atoms with E-state index in [1.54, 1.807) is 27.4 Å². The van der Waals surface area contributed by atoms with Crippen molar-refractivity contribution in [2.24, 2.45) is 0 Å². The van der Waals surface area contributed by atoms with Crippen LogP contribution in [0.15, 0.2) is 30.3 Å². The highest BCUT2D eigenvalue weighted by molar-refractivity contribution is 6.42. The van der Waals surface area contributed by atoms with E-state index in [-0.39, 0.29) is 11.3 Å². The molecule has 0 bridgehead atoms. The smallest absolute Gasteiger partial charge is 0.220 e. The van der Waals surface area contributed by atoms with Gasteiger partial charge < -0.3 is 19.5 Å². The maximum absolute atomic E-state index is 12.4. The zero-order valence-electron chi connectivity index (χ0n) is 17.4. The Morgan fingerprint density at radius 3 is 2.24 bits per heavy atom. The van der Waals surface area contributed by atoms with Crippen LogP contribution < -0.4 is 19.5 Å². The van der Waals surface area contributed by atoms with Crippen LogP contribution >= 0.6 is 23.2 Å². The Balaban J connectivity index is 2.00. The first-order valence-electron chi connectivity index (χ1n) is 9.23. The molecule has 29 heavy (non-hydrogen) atoms. The third kappa shape index (κ3) is 5.71. The van der Waals surface area contributed by atoms with Crippen LogP contribution in [-0.4, -0.2) is 33.8 Å². The van der Waals surface area contributed by atoms with E-state index < -0.39 is 0 Å². The summed E-state index contributed by atoms with van der Waals surface area (Å²) in [5.74, 6) is 1.64. The van der Waals surface area contributed by atoms with Crippen molar-refractivity contribution in [2.45, 2.75) is 32.1 Å². The molecule has 2 aromatic rings. The quantitative estimate of drug-likeness (QED) is 0.593. The van der Waals surface area contributed by atoms with Crippen LogP contribution in [0.1, 0.15) is 31.4 Å². The molecule has 0 aliphatic carbocycles. The number of amides is 1. The molecule has 1 amide bonds. The fourth-order valence-electron chi connectivity index (χ4n) is 3.04. The summed E-state index contributed by atoms with van der Waals surface area (Å²) in [5, 5.41) is 4.02. The lowest BCUT2D eigenvalue weighted by Crippen LogP contribution is -2.36. The highest BCUT2D eigenvalue weighted by Crippen LogP contribution is 2.40. The van der Waals surface area contributed by atoms with Crippen LogP contribution in [0.3, 0.4) is 0 Å². The number of carbonyl (C=O) groups is 1. The van der Waals surface area contributed by atoms with Gasteiger partial charge in [-0.25, -0.2) is 0 Å². The van der Waals surface area contributed by atoms with Gasteiger partial charge in [-0.3, -0.25) is 4.79 Å². The molecule has 7 heteroatoms. The van der Waals surface area contributed by atoms with Gasteiger partial charge in [-0.1, -0.05) is 49.2 Å². The molecule has 0 heterocycles. The predicted molar refractivity (Wildman–Crippen MR) is 117 cm³/mol. The third-order valence-electron chi connectivity index (χ3n) is 4.84. The van der Waals surface area contributed by atoms with Crippen molar-refractivity contribution in [2.75, 3.05) is 27.9 Å². The largest absolute Gasteiger partial charge is 0.493 e. The Kier molecular flexibility index (Phi) is 8.05. The van der Waals surface area contributed by atoms with Gasteiger partial charge in [0.05, 0.1) is 31.4 Å². The molecule has 158 valence electrons. The molecule has 0 fully saturated rings. The molecular weight excluding hydrogens is 413 g/mol. The second-order valence-corrected chi connectivity index (χ2v) is 8.10. The summed E-state index contributed by atoms with van der Waals surface area (Å²) in [5.41, 5.74) is 1.60. The summed E-state index contributed by atoms with van der Waals surface area (Å²) in [7, 11) is 4.70. The number of halogens is 2. The number of aryl methyl sites for hydroxylation is 1. The van der Waals surface area contributed by atoms with E-state index in [1.807, 2.05) is 38.1 Å². The molecule has 2 aromatic carbocycles. The summed E-state index contributed by atoms with van der Waals surface area (Å²) < 4.78 is 16.2. The van der Waals surface area contributed by atoms with E-state index in [0.29, 0.717) is 46.7 Å². The average Bonchev–Trinajstić information content (AvgIpc) is 2.71. The number of hydrogen-bond donors (Lipinski definition) is 1. The van der Waals surface area contributed by atoms with Crippen LogP contribution in [0.4, 0.5) is 0 Å². The lowest BCUT2D eigenvalue weighted by Gasteiger charge is -2.26. The molecule has 0 radical (unpaired) electrons. The minimum Gasteiger partial charge on any atom is -0.493 e. The lowest BCUT2D eigenvalue weighted by molar-refractivity contribution is -0.121. The van der Waals surface area contributed by atoms with Crippen LogP contribution in [0.2, 0.25) is 10.0 Å². The maximum atomic E-state index is 12.4. The topological polar surface area (TPSA) is 56.8 Å². The van der Waals surface area contributed by atoms with Crippen molar-refractivity contribution in [1.29, 1.82) is 0 Å². The van der Waals surface area contributed by atoms with Gasteiger partial charge in [0.1, 0.15) is 0 Å². The molecule has 1 N–H and O–H groups in total. The Bertz CT molecular complexity index is 868. The molecule has 5 nitrogen and oxygen atoms in total. The van der Waals surface area contributed by atoms with Crippen molar-refractivity contribution in [3.05, 3.63) is 51.5 Å². The van der Waals surface area contributed by atoms with E-state index in [2.05, 4.69) is 5.32 Å². The van der Waals surface area contributed by atoms with Crippen molar-refractivity contribution in [3.63, 3.8) is 0 Å². The van der Waals surface area contributed by atoms with Crippen molar-refractivity contribution < 1.29 is 19.0 Å². The number of carbonyl (C=O) groups excluding carboxylic acids is 1. The number of benzene rings is 2. The van der Waals surface area contributed by atoms with Gasteiger partial charge in [-0.2, -0.15) is 0 Å². The van der Waals surface area contributed by atoms with Crippen molar-refractivity contribution >= 4 is 29.1 Å². The second kappa shape index (κ2) is 10.1. The first-order chi connectivity index (χ1) is 13.7. The van der Waals surface area contributed by atoms with Gasteiger partial charge in [-0.05, 0) is 35.7 Å². The number of methoxy groups -OCH3 is 3. The summed E-state index contributed by atoms with van der Waals surface area (Å²) in [6.07, 6.45) is 0.839. The van der Waals surface area contributed by atoms with Gasteiger partial charge in [0.15, 0.2) is 11.5 Å². The van der Waals surface area contributed by atoms with Gasteiger partial charge in [0, 0.05) is 18.4 Å². The van der Waals surface area contributed by atoms with Gasteiger partial charge >= 0.3 is 0 Å². The van der Waals surface area contributed by atoms with Crippen LogP contribution in [0.25, 0.3) is 0 Å². The summed E-state index contributed by atoms with van der Waals surface area (Å²) in [6.45, 7) is 4.57. The predicted octanol–water partition coefficient (Wildman–Crippen LogP) is 5.05. The fourth-order valence-corrected chi connectivity index (χ4v) is 3.33. The number of nitrogens with one attached hydrogen (secondary N) is 1. The summed E-state index contributed by atoms with van der Waals surface area (Å²) in [6, 6.07) is 9.22. The van der Waals surface area contributed by atoms with E-state index in [9.17, 15) is 4.79 Å². The molecule has 0 aliphatic heterocycles. The van der Waals surface area contributed by atoms with Gasteiger partial charge in [-0.15, -0.1) is 0 Å². The third-order valence-corrected chi connectivity index (χ3v) is 5.57. The Morgan fingerprint density at radius 1 is 0.966 bits per heavy atom. The average molecular weight is 440 g/mol. The molecule has 0 aromatic heterocycles. The molecule has 0 atom stereocenters. The van der Waals surface area contributed by atoms with Crippen molar-refractivity contribution in [1.82, 2.24) is 5.32 Å². The highest BCUT2D eigenvalue weighted by Gasteiger charge is 2.23. The monoisotopic (exact) mass is 439 g/mol. The summed E-state index contributed by atoms with van der Waals surface area (Å²) in [4.78, 5) is 12.4. The standard InChI is InChI=1S/C22H27Cl2NO4/c1-22(2,15-8-9-16(23)17(24)12-15)13-25-19(26)11-7-14-6-10-18(27-3)21(29-5)20(14)28-4/h6,8-10,12H,7,11,13H2,1-5H3,(H,25,26). The zero-order valence-corrected chi connectivity index (χ0v) is 18.9. The minimum atomic E-state index is -0.287. The zero-order chi connectivity index (χ0) is 21.6. The molecule has 0 saturated heterocycles. The summed E-state index contributed by atoms with van der Waals surface area (Å²) >= 11 is 12.1. The second-order valence-electron chi connectivity index (χ2n) is 7.28. The number of hydrogen-bond acceptors (Lipinski definition) is 4. The van der Waals surface area contributed by atoms with Crippen LogP contribution in [0.5, 0.6) is 17.2 Å². The van der Waals surface area contributed by atoms with E-state index in [4.69, 9.17) is 37.4 Å². The highest BCUT2D eigenvalue weighted by atomic mass is 35.5. The lowest BCUT2D eigenvalue weighted by atomic mass is 9.84. The molecule has 0 spiro atoms. The minimum absolute atomic E-state index is 0.0463. The Labute approximate surface area is 182 Å². The molecule has 2 rings (SSSR count).